The Bertz CT molecular complexity index is 619. The summed E-state index contributed by atoms with van der Waals surface area (Å²) in [6, 6.07) is 5.61. The lowest BCUT2D eigenvalue weighted by Gasteiger charge is -2.24. The number of nitrogens with one attached hydrogen (secondary N) is 1. The van der Waals surface area contributed by atoms with Crippen molar-refractivity contribution in [3.8, 4) is 11.6 Å². The Labute approximate surface area is 119 Å². The average Bonchev–Trinajstić information content (AvgIpc) is 2.52. The van der Waals surface area contributed by atoms with E-state index in [0.717, 1.165) is 6.07 Å². The van der Waals surface area contributed by atoms with Gasteiger partial charge >= 0.3 is 0 Å². The van der Waals surface area contributed by atoms with Gasteiger partial charge in [-0.2, -0.15) is 5.10 Å². The summed E-state index contributed by atoms with van der Waals surface area (Å²) < 4.78 is 38.5. The van der Waals surface area contributed by atoms with E-state index in [0.29, 0.717) is 19.7 Å². The first kappa shape index (κ1) is 13.8. The molecule has 7 heteroatoms. The van der Waals surface area contributed by atoms with Gasteiger partial charge in [-0.15, -0.1) is 5.10 Å². The Kier molecular flexibility index (Phi) is 4.03. The molecule has 0 amide bonds. The maximum atomic E-state index is 13.9. The first-order chi connectivity index (χ1) is 10.2. The summed E-state index contributed by atoms with van der Waals surface area (Å²) in [5.41, 5.74) is 0.126. The van der Waals surface area contributed by atoms with E-state index in [4.69, 9.17) is 9.47 Å². The molecular formula is C14H13F2N3O2. The van der Waals surface area contributed by atoms with Crippen molar-refractivity contribution >= 4 is 0 Å². The molecule has 0 saturated carbocycles. The SMILES string of the molecule is Fc1cc(Oc2cccnn2)cc([C@H]2CNCCO2)c1F. The minimum atomic E-state index is -0.986. The summed E-state index contributed by atoms with van der Waals surface area (Å²) in [7, 11) is 0. The van der Waals surface area contributed by atoms with Crippen LogP contribution in [-0.2, 0) is 4.74 Å². The fourth-order valence-corrected chi connectivity index (χ4v) is 2.11. The largest absolute Gasteiger partial charge is 0.437 e. The van der Waals surface area contributed by atoms with Gasteiger partial charge in [-0.3, -0.25) is 0 Å². The van der Waals surface area contributed by atoms with Gasteiger partial charge in [0, 0.05) is 37.0 Å². The lowest BCUT2D eigenvalue weighted by molar-refractivity contribution is 0.0250. The van der Waals surface area contributed by atoms with E-state index in [-0.39, 0.29) is 17.2 Å². The van der Waals surface area contributed by atoms with E-state index >= 15 is 0 Å². The topological polar surface area (TPSA) is 56.3 Å². The Hall–Kier alpha value is -2.12. The van der Waals surface area contributed by atoms with Crippen molar-refractivity contribution in [2.75, 3.05) is 19.7 Å². The van der Waals surface area contributed by atoms with Crippen LogP contribution in [0.15, 0.2) is 30.5 Å². The van der Waals surface area contributed by atoms with Gasteiger partial charge < -0.3 is 14.8 Å². The molecule has 3 rings (SSSR count). The molecule has 1 saturated heterocycles. The highest BCUT2D eigenvalue weighted by Gasteiger charge is 2.23. The number of benzene rings is 1. The van der Waals surface area contributed by atoms with Gasteiger partial charge in [0.1, 0.15) is 5.75 Å². The molecule has 0 spiro atoms. The maximum absolute atomic E-state index is 13.9. The van der Waals surface area contributed by atoms with Crippen molar-refractivity contribution < 1.29 is 18.3 Å². The molecule has 1 atom stereocenters. The van der Waals surface area contributed by atoms with Crippen molar-refractivity contribution in [2.24, 2.45) is 0 Å². The normalized spacial score (nSPS) is 18.5. The van der Waals surface area contributed by atoms with Gasteiger partial charge in [-0.1, -0.05) is 0 Å². The highest BCUT2D eigenvalue weighted by atomic mass is 19.2. The van der Waals surface area contributed by atoms with Crippen molar-refractivity contribution in [2.45, 2.75) is 6.10 Å². The highest BCUT2D eigenvalue weighted by Crippen LogP contribution is 2.30. The molecule has 1 N–H and O–H groups in total. The number of ether oxygens (including phenoxy) is 2. The number of morpholine rings is 1. The second-order valence-electron chi connectivity index (χ2n) is 4.54. The molecule has 0 bridgehead atoms. The zero-order valence-corrected chi connectivity index (χ0v) is 11.1. The van der Waals surface area contributed by atoms with E-state index in [9.17, 15) is 8.78 Å². The molecule has 0 aliphatic carbocycles. The van der Waals surface area contributed by atoms with Crippen LogP contribution < -0.4 is 10.1 Å². The van der Waals surface area contributed by atoms with Crippen molar-refractivity contribution in [1.82, 2.24) is 15.5 Å². The van der Waals surface area contributed by atoms with E-state index in [1.807, 2.05) is 0 Å². The Morgan fingerprint density at radius 3 is 2.95 bits per heavy atom. The van der Waals surface area contributed by atoms with Crippen LogP contribution in [0.4, 0.5) is 8.78 Å². The summed E-state index contributed by atoms with van der Waals surface area (Å²) in [6.07, 6.45) is 0.948. The number of hydrogen-bond donors (Lipinski definition) is 1. The minimum Gasteiger partial charge on any atom is -0.437 e. The molecule has 0 unspecified atom stereocenters. The molecule has 5 nitrogen and oxygen atoms in total. The minimum absolute atomic E-state index is 0.126. The monoisotopic (exact) mass is 293 g/mol. The number of nitrogens with zero attached hydrogens (tertiary/aromatic N) is 2. The lowest BCUT2D eigenvalue weighted by atomic mass is 10.1. The predicted octanol–water partition coefficient (Wildman–Crippen LogP) is 2.21. The van der Waals surface area contributed by atoms with Crippen molar-refractivity contribution in [1.29, 1.82) is 0 Å². The predicted molar refractivity (Wildman–Crippen MR) is 70.0 cm³/mol. The third-order valence-electron chi connectivity index (χ3n) is 3.07. The lowest BCUT2D eigenvalue weighted by Crippen LogP contribution is -2.33. The molecule has 21 heavy (non-hydrogen) atoms. The standard InChI is InChI=1S/C14H13F2N3O2/c15-11-7-9(21-13-2-1-3-18-19-13)6-10(14(11)16)12-8-17-4-5-20-12/h1-3,6-7,12,17H,4-5,8H2/t12-/m1/s1. The second kappa shape index (κ2) is 6.11. The number of halogens is 2. The van der Waals surface area contributed by atoms with Crippen LogP contribution in [0.1, 0.15) is 11.7 Å². The van der Waals surface area contributed by atoms with Crippen LogP contribution in [0.2, 0.25) is 0 Å². The quantitative estimate of drug-likeness (QED) is 0.940. The fourth-order valence-electron chi connectivity index (χ4n) is 2.11. The summed E-state index contributed by atoms with van der Waals surface area (Å²) >= 11 is 0. The molecule has 2 aromatic rings. The van der Waals surface area contributed by atoms with Crippen LogP contribution in [-0.4, -0.2) is 29.9 Å². The van der Waals surface area contributed by atoms with Crippen molar-refractivity contribution in [3.63, 3.8) is 0 Å². The van der Waals surface area contributed by atoms with Crippen LogP contribution in [0.3, 0.4) is 0 Å². The molecule has 1 aliphatic rings. The summed E-state index contributed by atoms with van der Waals surface area (Å²) in [6.45, 7) is 1.56. The van der Waals surface area contributed by atoms with Gasteiger partial charge in [0.05, 0.1) is 12.7 Å². The summed E-state index contributed by atoms with van der Waals surface area (Å²) in [4.78, 5) is 0. The molecular weight excluding hydrogens is 280 g/mol. The Morgan fingerprint density at radius 1 is 1.33 bits per heavy atom. The van der Waals surface area contributed by atoms with Gasteiger partial charge in [-0.05, 0) is 12.1 Å². The fraction of sp³-hybridized carbons (Fsp3) is 0.286. The molecule has 1 aromatic heterocycles. The Morgan fingerprint density at radius 2 is 2.24 bits per heavy atom. The van der Waals surface area contributed by atoms with Crippen LogP contribution in [0.5, 0.6) is 11.6 Å². The van der Waals surface area contributed by atoms with Crippen molar-refractivity contribution in [3.05, 3.63) is 47.7 Å². The zero-order valence-electron chi connectivity index (χ0n) is 11.1. The third kappa shape index (κ3) is 3.14. The van der Waals surface area contributed by atoms with Crippen LogP contribution >= 0.6 is 0 Å². The molecule has 2 heterocycles. The summed E-state index contributed by atoms with van der Waals surface area (Å²) in [5, 5.41) is 10.5. The van der Waals surface area contributed by atoms with E-state index in [1.54, 1.807) is 12.1 Å². The van der Waals surface area contributed by atoms with Gasteiger partial charge in [0.2, 0.25) is 5.88 Å². The third-order valence-corrected chi connectivity index (χ3v) is 3.07. The maximum Gasteiger partial charge on any atom is 0.238 e. The van der Waals surface area contributed by atoms with Crippen LogP contribution in [0.25, 0.3) is 0 Å². The van der Waals surface area contributed by atoms with E-state index < -0.39 is 17.7 Å². The smallest absolute Gasteiger partial charge is 0.238 e. The van der Waals surface area contributed by atoms with Gasteiger partial charge in [0.25, 0.3) is 0 Å². The molecule has 1 aromatic carbocycles. The first-order valence-corrected chi connectivity index (χ1v) is 6.51. The number of rotatable bonds is 3. The van der Waals surface area contributed by atoms with E-state index in [2.05, 4.69) is 15.5 Å². The van der Waals surface area contributed by atoms with Crippen LogP contribution in [0, 0.1) is 11.6 Å². The number of hydrogen-bond acceptors (Lipinski definition) is 5. The zero-order chi connectivity index (χ0) is 14.7. The average molecular weight is 293 g/mol. The Balaban J connectivity index is 1.89. The number of aromatic nitrogens is 2. The molecule has 1 aliphatic heterocycles. The molecule has 0 radical (unpaired) electrons. The first-order valence-electron chi connectivity index (χ1n) is 6.51. The van der Waals surface area contributed by atoms with E-state index in [1.165, 1.54) is 12.3 Å². The van der Waals surface area contributed by atoms with Gasteiger partial charge in [0.15, 0.2) is 11.6 Å². The molecule has 110 valence electrons. The van der Waals surface area contributed by atoms with Gasteiger partial charge in [-0.25, -0.2) is 8.78 Å². The highest BCUT2D eigenvalue weighted by molar-refractivity contribution is 5.35. The summed E-state index contributed by atoms with van der Waals surface area (Å²) in [5.74, 6) is -1.55. The molecule has 1 fully saturated rings. The second-order valence-corrected chi connectivity index (χ2v) is 4.54.